The third kappa shape index (κ3) is 4.03. The fourth-order valence-corrected chi connectivity index (χ4v) is 2.76. The molecule has 0 bridgehead atoms. The van der Waals surface area contributed by atoms with Crippen molar-refractivity contribution in [2.45, 2.75) is 19.8 Å². The summed E-state index contributed by atoms with van der Waals surface area (Å²) >= 11 is 0. The highest BCUT2D eigenvalue weighted by atomic mass is 16.2. The van der Waals surface area contributed by atoms with Crippen LogP contribution in [0.15, 0.2) is 48.5 Å². The molecular weight excluding hydrogens is 318 g/mol. The van der Waals surface area contributed by atoms with E-state index in [0.29, 0.717) is 23.4 Å². The Hall–Kier alpha value is -3.15. The fourth-order valence-electron chi connectivity index (χ4n) is 2.76. The lowest BCUT2D eigenvalue weighted by Gasteiger charge is -2.16. The molecule has 25 heavy (non-hydrogen) atoms. The number of hydrogen-bond acceptors (Lipinski definition) is 3. The van der Waals surface area contributed by atoms with E-state index in [1.54, 1.807) is 41.3 Å². The van der Waals surface area contributed by atoms with E-state index in [2.05, 4.69) is 10.6 Å². The van der Waals surface area contributed by atoms with Gasteiger partial charge in [0.15, 0.2) is 0 Å². The second kappa shape index (κ2) is 7.17. The van der Waals surface area contributed by atoms with Crippen LogP contribution in [0.1, 0.15) is 30.1 Å². The number of carbonyl (C=O) groups is 3. The zero-order chi connectivity index (χ0) is 17.8. The third-order valence-corrected chi connectivity index (χ3v) is 3.98. The molecule has 2 aromatic rings. The number of rotatable bonds is 4. The minimum atomic E-state index is -0.237. The monoisotopic (exact) mass is 337 g/mol. The van der Waals surface area contributed by atoms with Crippen molar-refractivity contribution in [3.8, 4) is 0 Å². The third-order valence-electron chi connectivity index (χ3n) is 3.98. The molecule has 1 aliphatic rings. The van der Waals surface area contributed by atoms with Crippen molar-refractivity contribution in [1.82, 2.24) is 0 Å². The smallest absolute Gasteiger partial charge is 0.255 e. The predicted molar refractivity (Wildman–Crippen MR) is 96.7 cm³/mol. The maximum absolute atomic E-state index is 12.3. The largest absolute Gasteiger partial charge is 0.326 e. The van der Waals surface area contributed by atoms with E-state index < -0.39 is 0 Å². The maximum atomic E-state index is 12.3. The molecule has 1 fully saturated rings. The highest BCUT2D eigenvalue weighted by Gasteiger charge is 2.21. The molecule has 0 unspecified atom stereocenters. The molecule has 1 heterocycles. The molecule has 2 N–H and O–H groups in total. The molecule has 1 aliphatic heterocycles. The Labute approximate surface area is 145 Å². The van der Waals surface area contributed by atoms with Crippen LogP contribution in [0.25, 0.3) is 0 Å². The fraction of sp³-hybridized carbons (Fsp3) is 0.211. The van der Waals surface area contributed by atoms with E-state index in [-0.39, 0.29) is 17.7 Å². The average molecular weight is 337 g/mol. The summed E-state index contributed by atoms with van der Waals surface area (Å²) in [5, 5.41) is 5.47. The predicted octanol–water partition coefficient (Wildman–Crippen LogP) is 3.02. The first-order valence-corrected chi connectivity index (χ1v) is 8.12. The number of amides is 3. The van der Waals surface area contributed by atoms with Gasteiger partial charge in [-0.15, -0.1) is 0 Å². The molecule has 0 aromatic heterocycles. The van der Waals surface area contributed by atoms with E-state index in [0.717, 1.165) is 18.7 Å². The van der Waals surface area contributed by atoms with Crippen LogP contribution in [0, 0.1) is 0 Å². The van der Waals surface area contributed by atoms with Gasteiger partial charge in [0.25, 0.3) is 5.91 Å². The van der Waals surface area contributed by atoms with Gasteiger partial charge in [-0.3, -0.25) is 14.4 Å². The van der Waals surface area contributed by atoms with E-state index in [9.17, 15) is 14.4 Å². The maximum Gasteiger partial charge on any atom is 0.255 e. The summed E-state index contributed by atoms with van der Waals surface area (Å²) in [5.74, 6) is -0.260. The summed E-state index contributed by atoms with van der Waals surface area (Å²) in [6.07, 6.45) is 1.47. The summed E-state index contributed by atoms with van der Waals surface area (Å²) in [6, 6.07) is 13.9. The van der Waals surface area contributed by atoms with Crippen molar-refractivity contribution >= 4 is 34.8 Å². The van der Waals surface area contributed by atoms with Crippen molar-refractivity contribution in [3.05, 3.63) is 54.1 Å². The van der Waals surface area contributed by atoms with Crippen LogP contribution in [0.4, 0.5) is 17.1 Å². The molecule has 3 rings (SSSR count). The van der Waals surface area contributed by atoms with Gasteiger partial charge in [0.2, 0.25) is 11.8 Å². The van der Waals surface area contributed by atoms with Crippen LogP contribution in [-0.2, 0) is 9.59 Å². The Morgan fingerprint density at radius 2 is 1.52 bits per heavy atom. The Balaban J connectivity index is 1.64. The lowest BCUT2D eigenvalue weighted by atomic mass is 10.2. The first kappa shape index (κ1) is 16.7. The first-order valence-electron chi connectivity index (χ1n) is 8.12. The van der Waals surface area contributed by atoms with Gasteiger partial charge < -0.3 is 15.5 Å². The molecule has 1 saturated heterocycles. The molecule has 0 aliphatic carbocycles. The SMILES string of the molecule is CC(=O)Nc1ccc(C(=O)Nc2ccc(N3CCCC3=O)cc2)cc1. The summed E-state index contributed by atoms with van der Waals surface area (Å²) in [6.45, 7) is 2.17. The number of anilines is 3. The van der Waals surface area contributed by atoms with Gasteiger partial charge in [0.1, 0.15) is 0 Å². The zero-order valence-corrected chi connectivity index (χ0v) is 13.9. The van der Waals surface area contributed by atoms with Gasteiger partial charge in [0.05, 0.1) is 0 Å². The van der Waals surface area contributed by atoms with Gasteiger partial charge in [-0.25, -0.2) is 0 Å². The van der Waals surface area contributed by atoms with Gasteiger partial charge in [-0.2, -0.15) is 0 Å². The van der Waals surface area contributed by atoms with Crippen molar-refractivity contribution < 1.29 is 14.4 Å². The lowest BCUT2D eigenvalue weighted by molar-refractivity contribution is -0.117. The van der Waals surface area contributed by atoms with E-state index in [1.165, 1.54) is 6.92 Å². The van der Waals surface area contributed by atoms with Crippen molar-refractivity contribution in [1.29, 1.82) is 0 Å². The second-order valence-corrected chi connectivity index (χ2v) is 5.91. The zero-order valence-electron chi connectivity index (χ0n) is 13.9. The van der Waals surface area contributed by atoms with Crippen molar-refractivity contribution in [2.75, 3.05) is 22.1 Å². The van der Waals surface area contributed by atoms with Gasteiger partial charge in [0, 0.05) is 42.5 Å². The minimum Gasteiger partial charge on any atom is -0.326 e. The summed E-state index contributed by atoms with van der Waals surface area (Å²) in [5.41, 5.74) is 2.64. The summed E-state index contributed by atoms with van der Waals surface area (Å²) < 4.78 is 0. The summed E-state index contributed by atoms with van der Waals surface area (Å²) in [4.78, 5) is 36.8. The second-order valence-electron chi connectivity index (χ2n) is 5.91. The Kier molecular flexibility index (Phi) is 4.79. The lowest BCUT2D eigenvalue weighted by Crippen LogP contribution is -2.23. The van der Waals surface area contributed by atoms with E-state index >= 15 is 0 Å². The number of nitrogens with one attached hydrogen (secondary N) is 2. The Morgan fingerprint density at radius 1 is 0.920 bits per heavy atom. The molecular formula is C19H19N3O3. The first-order chi connectivity index (χ1) is 12.0. The molecule has 6 heteroatoms. The molecule has 3 amide bonds. The number of carbonyl (C=O) groups excluding carboxylic acids is 3. The molecule has 0 saturated carbocycles. The van der Waals surface area contributed by atoms with Crippen LogP contribution in [0.5, 0.6) is 0 Å². The molecule has 2 aromatic carbocycles. The highest BCUT2D eigenvalue weighted by molar-refractivity contribution is 6.05. The van der Waals surface area contributed by atoms with Gasteiger partial charge in [-0.05, 0) is 55.0 Å². The summed E-state index contributed by atoms with van der Waals surface area (Å²) in [7, 11) is 0. The quantitative estimate of drug-likeness (QED) is 0.900. The number of hydrogen-bond donors (Lipinski definition) is 2. The van der Waals surface area contributed by atoms with Crippen molar-refractivity contribution in [2.24, 2.45) is 0 Å². The minimum absolute atomic E-state index is 0.135. The number of benzene rings is 2. The molecule has 128 valence electrons. The van der Waals surface area contributed by atoms with Crippen LogP contribution in [0.3, 0.4) is 0 Å². The Bertz CT molecular complexity index is 798. The van der Waals surface area contributed by atoms with Crippen LogP contribution < -0.4 is 15.5 Å². The van der Waals surface area contributed by atoms with Gasteiger partial charge in [-0.1, -0.05) is 0 Å². The van der Waals surface area contributed by atoms with E-state index in [4.69, 9.17) is 0 Å². The van der Waals surface area contributed by atoms with Crippen LogP contribution in [0.2, 0.25) is 0 Å². The Morgan fingerprint density at radius 3 is 2.08 bits per heavy atom. The topological polar surface area (TPSA) is 78.5 Å². The normalized spacial score (nSPS) is 13.6. The highest BCUT2D eigenvalue weighted by Crippen LogP contribution is 2.23. The van der Waals surface area contributed by atoms with Gasteiger partial charge >= 0.3 is 0 Å². The van der Waals surface area contributed by atoms with E-state index in [1.807, 2.05) is 12.1 Å². The van der Waals surface area contributed by atoms with Crippen LogP contribution in [-0.4, -0.2) is 24.3 Å². The molecule has 6 nitrogen and oxygen atoms in total. The van der Waals surface area contributed by atoms with Crippen LogP contribution >= 0.6 is 0 Å². The molecule has 0 atom stereocenters. The number of nitrogens with zero attached hydrogens (tertiary/aromatic N) is 1. The average Bonchev–Trinajstić information content (AvgIpc) is 3.02. The molecule has 0 radical (unpaired) electrons. The molecule has 0 spiro atoms. The standard InChI is InChI=1S/C19H19N3O3/c1-13(23)20-15-6-4-14(5-7-15)19(25)21-16-8-10-17(11-9-16)22-12-2-3-18(22)24/h4-11H,2-3,12H2,1H3,(H,20,23)(H,21,25). The van der Waals surface area contributed by atoms with Crippen molar-refractivity contribution in [3.63, 3.8) is 0 Å².